The molecule has 0 aromatic heterocycles. The average Bonchev–Trinajstić information content (AvgIpc) is 2.71. The van der Waals surface area contributed by atoms with Crippen molar-refractivity contribution in [3.63, 3.8) is 0 Å². The second-order valence-electron chi connectivity index (χ2n) is 6.75. The van der Waals surface area contributed by atoms with Crippen LogP contribution >= 0.6 is 23.2 Å². The van der Waals surface area contributed by atoms with E-state index in [-0.39, 0.29) is 37.7 Å². The van der Waals surface area contributed by atoms with Crippen LogP contribution < -0.4 is 15.0 Å². The van der Waals surface area contributed by atoms with Gasteiger partial charge in [-0.15, -0.1) is 0 Å². The first-order valence-electron chi connectivity index (χ1n) is 9.36. The molecule has 0 saturated heterocycles. The van der Waals surface area contributed by atoms with Gasteiger partial charge in [0, 0.05) is 32.7 Å². The fourth-order valence-electron chi connectivity index (χ4n) is 2.98. The monoisotopic (exact) mass is 489 g/mol. The Kier molecular flexibility index (Phi) is 8.04. The molecule has 2 N–H and O–H groups in total. The Morgan fingerprint density at radius 1 is 1.10 bits per heavy atom. The summed E-state index contributed by atoms with van der Waals surface area (Å²) in [6.45, 7) is 4.10. The number of carbonyl (C=O) groups is 1. The molecule has 11 heteroatoms. The van der Waals surface area contributed by atoms with Crippen molar-refractivity contribution in [3.8, 4) is 11.5 Å². The van der Waals surface area contributed by atoms with Crippen molar-refractivity contribution in [2.75, 3.05) is 44.5 Å². The topological polar surface area (TPSA) is 99.2 Å². The molecule has 2 aromatic carbocycles. The number of sulfonamides is 1. The van der Waals surface area contributed by atoms with E-state index in [2.05, 4.69) is 5.32 Å². The van der Waals surface area contributed by atoms with Crippen LogP contribution in [-0.4, -0.2) is 58.0 Å². The molecule has 1 amide bonds. The Hall–Kier alpha value is -2.20. The van der Waals surface area contributed by atoms with E-state index >= 15 is 0 Å². The molecule has 0 fully saturated rings. The zero-order valence-corrected chi connectivity index (χ0v) is 20.2. The molecule has 0 aliphatic heterocycles. The minimum Gasteiger partial charge on any atom is -0.505 e. The Balaban J connectivity index is 2.63. The number of anilines is 2. The molecule has 0 aliphatic rings. The number of nitrogens with zero attached hydrogens (tertiary/aromatic N) is 2. The highest BCUT2D eigenvalue weighted by atomic mass is 35.5. The van der Waals surface area contributed by atoms with Crippen LogP contribution in [0, 0.1) is 0 Å². The number of carbonyl (C=O) groups excluding carboxylic acids is 1. The predicted molar refractivity (Wildman–Crippen MR) is 124 cm³/mol. The number of methoxy groups -OCH3 is 1. The van der Waals surface area contributed by atoms with Crippen molar-refractivity contribution in [1.29, 1.82) is 0 Å². The van der Waals surface area contributed by atoms with E-state index in [0.717, 1.165) is 0 Å². The van der Waals surface area contributed by atoms with Gasteiger partial charge >= 0.3 is 0 Å². The van der Waals surface area contributed by atoms with Crippen molar-refractivity contribution in [1.82, 2.24) is 4.31 Å². The first-order chi connectivity index (χ1) is 14.5. The second kappa shape index (κ2) is 9.95. The first kappa shape index (κ1) is 25.1. The summed E-state index contributed by atoms with van der Waals surface area (Å²) in [6.07, 6.45) is 0. The van der Waals surface area contributed by atoms with Crippen molar-refractivity contribution in [2.45, 2.75) is 18.7 Å². The van der Waals surface area contributed by atoms with E-state index < -0.39 is 15.9 Å². The normalized spacial score (nSPS) is 11.5. The van der Waals surface area contributed by atoms with Gasteiger partial charge in [-0.25, -0.2) is 8.42 Å². The largest absolute Gasteiger partial charge is 0.505 e. The van der Waals surface area contributed by atoms with Crippen LogP contribution in [0.2, 0.25) is 10.0 Å². The van der Waals surface area contributed by atoms with Gasteiger partial charge in [0.05, 0.1) is 33.4 Å². The molecule has 0 unspecified atom stereocenters. The summed E-state index contributed by atoms with van der Waals surface area (Å²) < 4.78 is 33.0. The van der Waals surface area contributed by atoms with Gasteiger partial charge in [-0.05, 0) is 24.3 Å². The standard InChI is InChI=1S/C20H25Cl2N3O5S/c1-6-25(7-2)31(28,29)13-10-16(19(30-5)17(11-13)24(3)4)23-20(27)12-8-14(21)18(26)15(22)9-12/h8-11,26H,6-7H2,1-5H3,(H,23,27). The number of phenols is 1. The Bertz CT molecular complexity index is 1060. The average molecular weight is 490 g/mol. The highest BCUT2D eigenvalue weighted by molar-refractivity contribution is 7.89. The van der Waals surface area contributed by atoms with Gasteiger partial charge < -0.3 is 20.1 Å². The van der Waals surface area contributed by atoms with Crippen molar-refractivity contribution >= 4 is 50.5 Å². The maximum atomic E-state index is 13.1. The third-order valence-electron chi connectivity index (χ3n) is 4.60. The third kappa shape index (κ3) is 5.17. The van der Waals surface area contributed by atoms with Gasteiger partial charge in [0.2, 0.25) is 10.0 Å². The van der Waals surface area contributed by atoms with Crippen molar-refractivity contribution < 1.29 is 23.1 Å². The number of phenolic OH excluding ortho intramolecular Hbond substituents is 1. The molecule has 31 heavy (non-hydrogen) atoms. The molecule has 0 aliphatic carbocycles. The zero-order chi connectivity index (χ0) is 23.5. The maximum absolute atomic E-state index is 13.1. The summed E-state index contributed by atoms with van der Waals surface area (Å²) in [6, 6.07) is 5.36. The number of aromatic hydroxyl groups is 1. The van der Waals surface area contributed by atoms with Gasteiger partial charge in [-0.2, -0.15) is 4.31 Å². The molecule has 0 atom stereocenters. The fourth-order valence-corrected chi connectivity index (χ4v) is 4.97. The van der Waals surface area contributed by atoms with E-state index in [1.54, 1.807) is 32.8 Å². The SMILES string of the molecule is CCN(CC)S(=O)(=O)c1cc(NC(=O)c2cc(Cl)c(O)c(Cl)c2)c(OC)c(N(C)C)c1. The van der Waals surface area contributed by atoms with Gasteiger partial charge in [0.1, 0.15) is 0 Å². The predicted octanol–water partition coefficient (Wildman–Crippen LogP) is 4.06. The minimum atomic E-state index is -3.80. The highest BCUT2D eigenvalue weighted by Crippen LogP contribution is 2.39. The number of amides is 1. The second-order valence-corrected chi connectivity index (χ2v) is 9.50. The summed E-state index contributed by atoms with van der Waals surface area (Å²) in [5, 5.41) is 12.2. The smallest absolute Gasteiger partial charge is 0.255 e. The number of nitrogens with one attached hydrogen (secondary N) is 1. The molecular weight excluding hydrogens is 465 g/mol. The molecule has 0 saturated carbocycles. The maximum Gasteiger partial charge on any atom is 0.255 e. The number of halogens is 2. The van der Waals surface area contributed by atoms with E-state index in [1.165, 1.54) is 35.7 Å². The number of ether oxygens (including phenoxy) is 1. The number of hydrogen-bond acceptors (Lipinski definition) is 6. The molecule has 170 valence electrons. The summed E-state index contributed by atoms with van der Waals surface area (Å²) in [4.78, 5) is 14.5. The third-order valence-corrected chi connectivity index (χ3v) is 7.20. The van der Waals surface area contributed by atoms with Crippen LogP contribution in [0.25, 0.3) is 0 Å². The quantitative estimate of drug-likeness (QED) is 0.579. The van der Waals surface area contributed by atoms with Gasteiger partial charge in [-0.3, -0.25) is 4.79 Å². The van der Waals surface area contributed by atoms with E-state index in [1.807, 2.05) is 0 Å². The summed E-state index contributed by atoms with van der Waals surface area (Å²) in [5.74, 6) is -0.656. The van der Waals surface area contributed by atoms with Crippen molar-refractivity contribution in [2.24, 2.45) is 0 Å². The Morgan fingerprint density at radius 3 is 2.10 bits per heavy atom. The Labute approximate surface area is 192 Å². The molecule has 8 nitrogen and oxygen atoms in total. The molecule has 2 aromatic rings. The molecular formula is C20H25Cl2N3O5S. The fraction of sp³-hybridized carbons (Fsp3) is 0.350. The number of rotatable bonds is 8. The van der Waals surface area contributed by atoms with Crippen LogP contribution in [0.5, 0.6) is 11.5 Å². The van der Waals surface area contributed by atoms with Gasteiger partial charge in [0.25, 0.3) is 5.91 Å². The van der Waals surface area contributed by atoms with E-state index in [4.69, 9.17) is 27.9 Å². The summed E-state index contributed by atoms with van der Waals surface area (Å²) >= 11 is 11.8. The molecule has 0 radical (unpaired) electrons. The molecule has 0 spiro atoms. The lowest BCUT2D eigenvalue weighted by Crippen LogP contribution is -2.31. The molecule has 0 bridgehead atoms. The molecule has 2 rings (SSSR count). The Morgan fingerprint density at radius 2 is 1.65 bits per heavy atom. The minimum absolute atomic E-state index is 0.0118. The summed E-state index contributed by atoms with van der Waals surface area (Å²) in [5.41, 5.74) is 0.704. The van der Waals surface area contributed by atoms with Crippen molar-refractivity contribution in [3.05, 3.63) is 39.9 Å². The number of benzene rings is 2. The van der Waals surface area contributed by atoms with E-state index in [9.17, 15) is 18.3 Å². The van der Waals surface area contributed by atoms with Crippen LogP contribution in [0.15, 0.2) is 29.2 Å². The van der Waals surface area contributed by atoms with Gasteiger partial charge in [0.15, 0.2) is 11.5 Å². The van der Waals surface area contributed by atoms with E-state index in [0.29, 0.717) is 18.8 Å². The van der Waals surface area contributed by atoms with Crippen LogP contribution in [0.3, 0.4) is 0 Å². The summed E-state index contributed by atoms with van der Waals surface area (Å²) in [7, 11) is 1.09. The lowest BCUT2D eigenvalue weighted by molar-refractivity contribution is 0.102. The number of hydrogen-bond donors (Lipinski definition) is 2. The van der Waals surface area contributed by atoms with Gasteiger partial charge in [-0.1, -0.05) is 37.0 Å². The first-order valence-corrected chi connectivity index (χ1v) is 11.6. The lowest BCUT2D eigenvalue weighted by atomic mass is 10.1. The molecule has 0 heterocycles. The highest BCUT2D eigenvalue weighted by Gasteiger charge is 2.26. The van der Waals surface area contributed by atoms with Crippen LogP contribution in [-0.2, 0) is 10.0 Å². The van der Waals surface area contributed by atoms with Crippen LogP contribution in [0.1, 0.15) is 24.2 Å². The lowest BCUT2D eigenvalue weighted by Gasteiger charge is -2.24. The zero-order valence-electron chi connectivity index (χ0n) is 17.9. The van der Waals surface area contributed by atoms with Crippen LogP contribution in [0.4, 0.5) is 11.4 Å².